The summed E-state index contributed by atoms with van der Waals surface area (Å²) in [5, 5.41) is 11.0. The molecule has 3 nitrogen and oxygen atoms in total. The number of aliphatic hydroxyl groups excluding tert-OH is 1. The molecule has 13 heavy (non-hydrogen) atoms. The van der Waals surface area contributed by atoms with Crippen molar-refractivity contribution >= 4 is 0 Å². The summed E-state index contributed by atoms with van der Waals surface area (Å²) in [4.78, 5) is 0. The van der Waals surface area contributed by atoms with Gasteiger partial charge in [0, 0.05) is 25.2 Å². The summed E-state index contributed by atoms with van der Waals surface area (Å²) >= 11 is 0. The third-order valence-corrected chi connectivity index (χ3v) is 2.82. The Kier molecular flexibility index (Phi) is 4.70. The normalized spacial score (nSPS) is 30.7. The maximum atomic E-state index is 8.67. The van der Waals surface area contributed by atoms with Crippen LogP contribution >= 0.6 is 0 Å². The molecule has 1 aliphatic rings. The SMILES string of the molecule is CC1CCCC(C)N1NCCCO. The number of piperidine rings is 1. The molecule has 1 saturated heterocycles. The van der Waals surface area contributed by atoms with E-state index in [2.05, 4.69) is 24.3 Å². The van der Waals surface area contributed by atoms with Gasteiger partial charge in [0.05, 0.1) is 0 Å². The molecule has 0 spiro atoms. The van der Waals surface area contributed by atoms with Gasteiger partial charge in [-0.25, -0.2) is 5.01 Å². The number of nitrogens with one attached hydrogen (secondary N) is 1. The second-order valence-electron chi connectivity index (χ2n) is 4.02. The molecular formula is C10H22N2O. The lowest BCUT2D eigenvalue weighted by Crippen LogP contribution is -2.52. The van der Waals surface area contributed by atoms with Crippen molar-refractivity contribution in [2.45, 2.75) is 51.6 Å². The van der Waals surface area contributed by atoms with E-state index in [9.17, 15) is 0 Å². The maximum Gasteiger partial charge on any atom is 0.0443 e. The van der Waals surface area contributed by atoms with E-state index in [4.69, 9.17) is 5.11 Å². The predicted octanol–water partition coefficient (Wildman–Crippen LogP) is 1.14. The van der Waals surface area contributed by atoms with Gasteiger partial charge in [-0.05, 0) is 33.1 Å². The van der Waals surface area contributed by atoms with Crippen LogP contribution in [0.4, 0.5) is 0 Å². The maximum absolute atomic E-state index is 8.67. The van der Waals surface area contributed by atoms with Crippen LogP contribution in [0.5, 0.6) is 0 Å². The molecular weight excluding hydrogens is 164 g/mol. The minimum Gasteiger partial charge on any atom is -0.396 e. The van der Waals surface area contributed by atoms with Crippen LogP contribution in [0.1, 0.15) is 39.5 Å². The zero-order chi connectivity index (χ0) is 9.68. The third kappa shape index (κ3) is 3.25. The molecule has 0 aromatic rings. The fraction of sp³-hybridized carbons (Fsp3) is 1.00. The largest absolute Gasteiger partial charge is 0.396 e. The molecule has 1 rings (SSSR count). The van der Waals surface area contributed by atoms with Crippen molar-refractivity contribution in [3.05, 3.63) is 0 Å². The minimum absolute atomic E-state index is 0.281. The predicted molar refractivity (Wildman–Crippen MR) is 54.3 cm³/mol. The Morgan fingerprint density at radius 1 is 1.31 bits per heavy atom. The lowest BCUT2D eigenvalue weighted by molar-refractivity contribution is 0.0443. The van der Waals surface area contributed by atoms with Crippen LogP contribution in [0.25, 0.3) is 0 Å². The summed E-state index contributed by atoms with van der Waals surface area (Å²) in [6.45, 7) is 5.71. The lowest BCUT2D eigenvalue weighted by Gasteiger charge is -2.39. The number of hydrogen-bond acceptors (Lipinski definition) is 3. The van der Waals surface area contributed by atoms with E-state index >= 15 is 0 Å². The molecule has 1 heterocycles. The van der Waals surface area contributed by atoms with Crippen LogP contribution < -0.4 is 5.43 Å². The number of rotatable bonds is 4. The smallest absolute Gasteiger partial charge is 0.0443 e. The van der Waals surface area contributed by atoms with Gasteiger partial charge in [-0.1, -0.05) is 6.42 Å². The van der Waals surface area contributed by atoms with Crippen LogP contribution in [0.3, 0.4) is 0 Å². The van der Waals surface area contributed by atoms with Crippen molar-refractivity contribution in [1.82, 2.24) is 10.4 Å². The van der Waals surface area contributed by atoms with Crippen LogP contribution in [0, 0.1) is 0 Å². The molecule has 1 fully saturated rings. The highest BCUT2D eigenvalue weighted by molar-refractivity contribution is 4.76. The van der Waals surface area contributed by atoms with E-state index in [0.717, 1.165) is 13.0 Å². The standard InChI is InChI=1S/C10H22N2O/c1-9-5-3-6-10(2)12(9)11-7-4-8-13/h9-11,13H,3-8H2,1-2H3. The topological polar surface area (TPSA) is 35.5 Å². The average molecular weight is 186 g/mol. The van der Waals surface area contributed by atoms with Gasteiger partial charge in [0.2, 0.25) is 0 Å². The Bertz CT molecular complexity index is 131. The van der Waals surface area contributed by atoms with Crippen LogP contribution in [0.2, 0.25) is 0 Å². The summed E-state index contributed by atoms with van der Waals surface area (Å²) in [6, 6.07) is 1.28. The first-order chi connectivity index (χ1) is 6.25. The van der Waals surface area contributed by atoms with Crippen LogP contribution in [-0.4, -0.2) is 35.4 Å². The lowest BCUT2D eigenvalue weighted by atomic mass is 10.00. The van der Waals surface area contributed by atoms with Gasteiger partial charge in [0.15, 0.2) is 0 Å². The Hall–Kier alpha value is -0.120. The molecule has 2 N–H and O–H groups in total. The third-order valence-electron chi connectivity index (χ3n) is 2.82. The zero-order valence-corrected chi connectivity index (χ0v) is 8.79. The summed E-state index contributed by atoms with van der Waals surface area (Å²) in [6.07, 6.45) is 4.77. The van der Waals surface area contributed by atoms with E-state index in [0.29, 0.717) is 12.1 Å². The van der Waals surface area contributed by atoms with Crippen molar-refractivity contribution in [3.63, 3.8) is 0 Å². The number of hydrazine groups is 1. The van der Waals surface area contributed by atoms with Gasteiger partial charge in [0.1, 0.15) is 0 Å². The van der Waals surface area contributed by atoms with Gasteiger partial charge < -0.3 is 5.11 Å². The molecule has 3 heteroatoms. The fourth-order valence-electron chi connectivity index (χ4n) is 2.02. The molecule has 0 bridgehead atoms. The van der Waals surface area contributed by atoms with Crippen molar-refractivity contribution in [3.8, 4) is 0 Å². The highest BCUT2D eigenvalue weighted by atomic mass is 16.3. The summed E-state index contributed by atoms with van der Waals surface area (Å²) in [7, 11) is 0. The van der Waals surface area contributed by atoms with Crippen molar-refractivity contribution in [2.24, 2.45) is 0 Å². The molecule has 0 aromatic carbocycles. The Labute approximate surface area is 81.1 Å². The minimum atomic E-state index is 0.281. The van der Waals surface area contributed by atoms with E-state index < -0.39 is 0 Å². The van der Waals surface area contributed by atoms with E-state index in [1.54, 1.807) is 0 Å². The molecule has 2 atom stereocenters. The highest BCUT2D eigenvalue weighted by Crippen LogP contribution is 2.19. The Morgan fingerprint density at radius 2 is 1.92 bits per heavy atom. The zero-order valence-electron chi connectivity index (χ0n) is 8.79. The molecule has 0 aromatic heterocycles. The second kappa shape index (κ2) is 5.58. The van der Waals surface area contributed by atoms with Gasteiger partial charge in [-0.15, -0.1) is 0 Å². The van der Waals surface area contributed by atoms with E-state index in [-0.39, 0.29) is 6.61 Å². The molecule has 0 radical (unpaired) electrons. The Balaban J connectivity index is 2.26. The highest BCUT2D eigenvalue weighted by Gasteiger charge is 2.23. The molecule has 0 aliphatic carbocycles. The quantitative estimate of drug-likeness (QED) is 0.646. The van der Waals surface area contributed by atoms with E-state index in [1.807, 2.05) is 0 Å². The number of hydrogen-bond donors (Lipinski definition) is 2. The van der Waals surface area contributed by atoms with E-state index in [1.165, 1.54) is 19.3 Å². The summed E-state index contributed by atoms with van der Waals surface area (Å²) in [5.74, 6) is 0. The van der Waals surface area contributed by atoms with Crippen molar-refractivity contribution in [2.75, 3.05) is 13.2 Å². The first-order valence-corrected chi connectivity index (χ1v) is 5.38. The first kappa shape index (κ1) is 11.0. The molecule has 78 valence electrons. The van der Waals surface area contributed by atoms with Gasteiger partial charge in [0.25, 0.3) is 0 Å². The van der Waals surface area contributed by atoms with Crippen molar-refractivity contribution in [1.29, 1.82) is 0 Å². The molecule has 0 amide bonds. The summed E-state index contributed by atoms with van der Waals surface area (Å²) < 4.78 is 0. The average Bonchev–Trinajstić information content (AvgIpc) is 2.10. The number of aliphatic hydroxyl groups is 1. The van der Waals surface area contributed by atoms with Crippen LogP contribution in [0.15, 0.2) is 0 Å². The van der Waals surface area contributed by atoms with Gasteiger partial charge in [-0.2, -0.15) is 0 Å². The second-order valence-corrected chi connectivity index (χ2v) is 4.02. The number of nitrogens with zero attached hydrogens (tertiary/aromatic N) is 1. The Morgan fingerprint density at radius 3 is 2.46 bits per heavy atom. The molecule has 1 aliphatic heterocycles. The molecule has 0 saturated carbocycles. The van der Waals surface area contributed by atoms with Gasteiger partial charge >= 0.3 is 0 Å². The monoisotopic (exact) mass is 186 g/mol. The van der Waals surface area contributed by atoms with Gasteiger partial charge in [-0.3, -0.25) is 5.43 Å². The fourth-order valence-corrected chi connectivity index (χ4v) is 2.02. The van der Waals surface area contributed by atoms with Crippen molar-refractivity contribution < 1.29 is 5.11 Å². The first-order valence-electron chi connectivity index (χ1n) is 5.38. The molecule has 2 unspecified atom stereocenters. The summed E-state index contributed by atoms with van der Waals surface area (Å²) in [5.41, 5.74) is 3.40. The van der Waals surface area contributed by atoms with Crippen LogP contribution in [-0.2, 0) is 0 Å².